The SMILES string of the molecule is CC(C)(C)OC(=O)N1CCCOCC1c1cc(C=O)ccc1Cl. The Labute approximate surface area is 141 Å². The van der Waals surface area contributed by atoms with Crippen LogP contribution in [0.5, 0.6) is 0 Å². The second kappa shape index (κ2) is 7.32. The van der Waals surface area contributed by atoms with Gasteiger partial charge in [0.25, 0.3) is 0 Å². The van der Waals surface area contributed by atoms with Crippen LogP contribution < -0.4 is 0 Å². The van der Waals surface area contributed by atoms with Crippen LogP contribution in [0.3, 0.4) is 0 Å². The summed E-state index contributed by atoms with van der Waals surface area (Å²) in [4.78, 5) is 25.2. The number of hydrogen-bond donors (Lipinski definition) is 0. The van der Waals surface area contributed by atoms with Gasteiger partial charge >= 0.3 is 6.09 Å². The molecule has 1 aromatic carbocycles. The lowest BCUT2D eigenvalue weighted by Gasteiger charge is -2.32. The van der Waals surface area contributed by atoms with Crippen LogP contribution in [0.1, 0.15) is 49.2 Å². The van der Waals surface area contributed by atoms with Crippen LogP contribution in [0.2, 0.25) is 5.02 Å². The number of aldehydes is 1. The number of carbonyl (C=O) groups excluding carboxylic acids is 2. The van der Waals surface area contributed by atoms with Gasteiger partial charge in [-0.3, -0.25) is 9.69 Å². The van der Waals surface area contributed by atoms with Crippen LogP contribution in [-0.4, -0.2) is 42.6 Å². The van der Waals surface area contributed by atoms with Crippen molar-refractivity contribution in [2.75, 3.05) is 19.8 Å². The average molecular weight is 340 g/mol. The molecule has 1 saturated heterocycles. The summed E-state index contributed by atoms with van der Waals surface area (Å²) < 4.78 is 11.1. The van der Waals surface area contributed by atoms with Crippen LogP contribution in [0.4, 0.5) is 4.79 Å². The van der Waals surface area contributed by atoms with E-state index in [1.54, 1.807) is 23.1 Å². The van der Waals surface area contributed by atoms with Crippen molar-refractivity contribution in [3.05, 3.63) is 34.3 Å². The number of amides is 1. The van der Waals surface area contributed by atoms with E-state index in [9.17, 15) is 9.59 Å². The fourth-order valence-corrected chi connectivity index (χ4v) is 2.71. The van der Waals surface area contributed by atoms with E-state index in [1.165, 1.54) is 0 Å². The van der Waals surface area contributed by atoms with E-state index in [0.29, 0.717) is 35.9 Å². The highest BCUT2D eigenvalue weighted by Crippen LogP contribution is 2.31. The van der Waals surface area contributed by atoms with Crippen LogP contribution in [0.25, 0.3) is 0 Å². The molecule has 0 bridgehead atoms. The molecule has 5 nitrogen and oxygen atoms in total. The van der Waals surface area contributed by atoms with Gasteiger partial charge in [-0.1, -0.05) is 17.7 Å². The molecule has 0 saturated carbocycles. The fourth-order valence-electron chi connectivity index (χ4n) is 2.47. The molecule has 1 aliphatic rings. The Morgan fingerprint density at radius 1 is 1.43 bits per heavy atom. The smallest absolute Gasteiger partial charge is 0.410 e. The zero-order valence-corrected chi connectivity index (χ0v) is 14.4. The van der Waals surface area contributed by atoms with E-state index in [1.807, 2.05) is 20.8 Å². The van der Waals surface area contributed by atoms with Gasteiger partial charge < -0.3 is 9.47 Å². The second-order valence-corrected chi connectivity index (χ2v) is 6.92. The molecule has 0 spiro atoms. The van der Waals surface area contributed by atoms with Crippen molar-refractivity contribution >= 4 is 24.0 Å². The van der Waals surface area contributed by atoms with Crippen LogP contribution in [0.15, 0.2) is 18.2 Å². The van der Waals surface area contributed by atoms with Gasteiger partial charge in [0.15, 0.2) is 0 Å². The predicted octanol–water partition coefficient (Wildman–Crippen LogP) is 3.85. The normalized spacial score (nSPS) is 19.1. The van der Waals surface area contributed by atoms with Crippen molar-refractivity contribution in [1.82, 2.24) is 4.90 Å². The van der Waals surface area contributed by atoms with Gasteiger partial charge in [0, 0.05) is 23.7 Å². The maximum atomic E-state index is 12.6. The second-order valence-electron chi connectivity index (χ2n) is 6.52. The van der Waals surface area contributed by atoms with Crippen molar-refractivity contribution in [2.24, 2.45) is 0 Å². The Balaban J connectivity index is 2.35. The molecular formula is C17H22ClNO4. The summed E-state index contributed by atoms with van der Waals surface area (Å²) in [5.41, 5.74) is 0.630. The molecule has 0 aliphatic carbocycles. The molecule has 1 unspecified atom stereocenters. The number of halogens is 1. The first kappa shape index (κ1) is 17.8. The summed E-state index contributed by atoms with van der Waals surface area (Å²) in [7, 11) is 0. The van der Waals surface area contributed by atoms with E-state index in [-0.39, 0.29) is 6.04 Å². The molecule has 1 atom stereocenters. The molecule has 1 amide bonds. The molecule has 1 heterocycles. The predicted molar refractivity (Wildman–Crippen MR) is 88.0 cm³/mol. The molecule has 0 radical (unpaired) electrons. The van der Waals surface area contributed by atoms with Gasteiger partial charge in [-0.05, 0) is 44.9 Å². The van der Waals surface area contributed by atoms with E-state index < -0.39 is 11.7 Å². The highest BCUT2D eigenvalue weighted by Gasteiger charge is 2.32. The average Bonchev–Trinajstić information content (AvgIpc) is 2.71. The third-order valence-corrected chi connectivity index (χ3v) is 3.83. The zero-order valence-electron chi connectivity index (χ0n) is 13.7. The van der Waals surface area contributed by atoms with Gasteiger partial charge in [0.05, 0.1) is 12.6 Å². The van der Waals surface area contributed by atoms with Gasteiger partial charge in [-0.15, -0.1) is 0 Å². The van der Waals surface area contributed by atoms with Crippen molar-refractivity contribution in [2.45, 2.75) is 38.8 Å². The monoisotopic (exact) mass is 339 g/mol. The number of nitrogens with zero attached hydrogens (tertiary/aromatic N) is 1. The topological polar surface area (TPSA) is 55.8 Å². The van der Waals surface area contributed by atoms with E-state index in [2.05, 4.69) is 0 Å². The van der Waals surface area contributed by atoms with Gasteiger partial charge in [-0.25, -0.2) is 4.79 Å². The molecule has 2 rings (SSSR count). The van der Waals surface area contributed by atoms with Crippen LogP contribution >= 0.6 is 11.6 Å². The van der Waals surface area contributed by atoms with Crippen molar-refractivity contribution in [3.63, 3.8) is 0 Å². The summed E-state index contributed by atoms with van der Waals surface area (Å²) in [6.45, 7) is 6.89. The van der Waals surface area contributed by atoms with Crippen molar-refractivity contribution in [1.29, 1.82) is 0 Å². The molecule has 23 heavy (non-hydrogen) atoms. The largest absolute Gasteiger partial charge is 0.444 e. The fraction of sp³-hybridized carbons (Fsp3) is 0.529. The lowest BCUT2D eigenvalue weighted by atomic mass is 10.0. The van der Waals surface area contributed by atoms with E-state index >= 15 is 0 Å². The van der Waals surface area contributed by atoms with Gasteiger partial charge in [-0.2, -0.15) is 0 Å². The summed E-state index contributed by atoms with van der Waals surface area (Å²) >= 11 is 6.29. The Morgan fingerprint density at radius 2 is 2.17 bits per heavy atom. The number of benzene rings is 1. The minimum absolute atomic E-state index is 0.321. The molecule has 1 aromatic rings. The molecule has 1 fully saturated rings. The number of carbonyl (C=O) groups is 2. The summed E-state index contributed by atoms with van der Waals surface area (Å²) in [6, 6.07) is 4.64. The molecular weight excluding hydrogens is 318 g/mol. The summed E-state index contributed by atoms with van der Waals surface area (Å²) in [5, 5.41) is 0.500. The Bertz CT molecular complexity index is 582. The molecule has 126 valence electrons. The number of ether oxygens (including phenoxy) is 2. The Hall–Kier alpha value is -1.59. The van der Waals surface area contributed by atoms with E-state index in [4.69, 9.17) is 21.1 Å². The minimum atomic E-state index is -0.580. The minimum Gasteiger partial charge on any atom is -0.444 e. The van der Waals surface area contributed by atoms with E-state index in [0.717, 1.165) is 12.7 Å². The maximum Gasteiger partial charge on any atom is 0.410 e. The highest BCUT2D eigenvalue weighted by molar-refractivity contribution is 6.31. The van der Waals surface area contributed by atoms with Gasteiger partial charge in [0.2, 0.25) is 0 Å². The molecule has 0 aromatic heterocycles. The number of hydrogen-bond acceptors (Lipinski definition) is 4. The third-order valence-electron chi connectivity index (χ3n) is 3.48. The third kappa shape index (κ3) is 4.69. The van der Waals surface area contributed by atoms with Crippen LogP contribution in [0, 0.1) is 0 Å². The van der Waals surface area contributed by atoms with Crippen LogP contribution in [-0.2, 0) is 9.47 Å². The molecule has 1 aliphatic heterocycles. The highest BCUT2D eigenvalue weighted by atomic mass is 35.5. The first-order valence-corrected chi connectivity index (χ1v) is 8.01. The molecule has 0 N–H and O–H groups in total. The first-order valence-electron chi connectivity index (χ1n) is 7.64. The summed E-state index contributed by atoms with van der Waals surface area (Å²) in [5.74, 6) is 0. The van der Waals surface area contributed by atoms with Gasteiger partial charge in [0.1, 0.15) is 11.9 Å². The lowest BCUT2D eigenvalue weighted by Crippen LogP contribution is -2.40. The Kier molecular flexibility index (Phi) is 5.65. The standard InChI is InChI=1S/C17H22ClNO4/c1-17(2,3)23-16(21)19-7-4-8-22-11-15(19)13-9-12(10-20)5-6-14(13)18/h5-6,9-10,15H,4,7-8,11H2,1-3H3. The maximum absolute atomic E-state index is 12.6. The lowest BCUT2D eigenvalue weighted by molar-refractivity contribution is 0.0119. The van der Waals surface area contributed by atoms with Crippen molar-refractivity contribution < 1.29 is 19.1 Å². The zero-order chi connectivity index (χ0) is 17.0. The quantitative estimate of drug-likeness (QED) is 0.768. The number of rotatable bonds is 2. The van der Waals surface area contributed by atoms with Crippen molar-refractivity contribution in [3.8, 4) is 0 Å². The Morgan fingerprint density at radius 3 is 2.83 bits per heavy atom. The summed E-state index contributed by atoms with van der Waals surface area (Å²) in [6.07, 6.45) is 1.08. The molecule has 6 heteroatoms. The first-order chi connectivity index (χ1) is 10.8.